The van der Waals surface area contributed by atoms with Gasteiger partial charge in [-0.15, -0.1) is 0 Å². The molecule has 8 nitrogen and oxygen atoms in total. The van der Waals surface area contributed by atoms with Gasteiger partial charge < -0.3 is 14.5 Å². The maximum Gasteiger partial charge on any atom is 0.338 e. The molecule has 1 amide bonds. The van der Waals surface area contributed by atoms with Gasteiger partial charge in [-0.1, -0.05) is 25.1 Å². The highest BCUT2D eigenvalue weighted by molar-refractivity contribution is 7.89. The third-order valence-electron chi connectivity index (χ3n) is 4.38. The Morgan fingerprint density at radius 2 is 1.81 bits per heavy atom. The largest absolute Gasteiger partial charge is 0.468 e. The molecule has 0 saturated heterocycles. The first-order valence-corrected chi connectivity index (χ1v) is 11.0. The zero-order valence-corrected chi connectivity index (χ0v) is 17.6. The van der Waals surface area contributed by atoms with Crippen molar-refractivity contribution in [1.82, 2.24) is 4.72 Å². The number of esters is 1. The van der Waals surface area contributed by atoms with Crippen LogP contribution in [0.5, 0.6) is 0 Å². The van der Waals surface area contributed by atoms with Gasteiger partial charge in [0.2, 0.25) is 10.0 Å². The number of carbonyl (C=O) groups excluding carboxylic acids is 2. The van der Waals surface area contributed by atoms with E-state index in [1.54, 1.807) is 24.3 Å². The van der Waals surface area contributed by atoms with Crippen LogP contribution in [-0.4, -0.2) is 26.9 Å². The zero-order chi connectivity index (χ0) is 22.3. The van der Waals surface area contributed by atoms with E-state index in [-0.39, 0.29) is 17.0 Å². The van der Waals surface area contributed by atoms with Gasteiger partial charge >= 0.3 is 5.97 Å². The van der Waals surface area contributed by atoms with Crippen LogP contribution in [0.1, 0.15) is 28.6 Å². The van der Waals surface area contributed by atoms with Crippen molar-refractivity contribution in [3.8, 4) is 0 Å². The maximum atomic E-state index is 12.4. The molecular weight excluding hydrogens is 420 g/mol. The van der Waals surface area contributed by atoms with Crippen LogP contribution in [0.4, 0.5) is 5.69 Å². The summed E-state index contributed by atoms with van der Waals surface area (Å²) in [6, 6.07) is 16.0. The summed E-state index contributed by atoms with van der Waals surface area (Å²) in [5.74, 6) is -0.851. The quantitative estimate of drug-likeness (QED) is 0.492. The first-order chi connectivity index (χ1) is 14.9. The molecule has 0 unspecified atom stereocenters. The maximum absolute atomic E-state index is 12.4. The lowest BCUT2D eigenvalue weighted by Crippen LogP contribution is -2.24. The van der Waals surface area contributed by atoms with Crippen LogP contribution in [0.25, 0.3) is 0 Å². The van der Waals surface area contributed by atoms with Crippen LogP contribution in [-0.2, 0) is 32.5 Å². The Morgan fingerprint density at radius 3 is 2.48 bits per heavy atom. The second-order valence-electron chi connectivity index (χ2n) is 6.61. The van der Waals surface area contributed by atoms with Gasteiger partial charge in [-0.05, 0) is 54.4 Å². The molecule has 31 heavy (non-hydrogen) atoms. The number of sulfonamides is 1. The fourth-order valence-electron chi connectivity index (χ4n) is 2.69. The summed E-state index contributed by atoms with van der Waals surface area (Å²) in [6.07, 6.45) is 2.33. The smallest absolute Gasteiger partial charge is 0.338 e. The van der Waals surface area contributed by atoms with E-state index in [9.17, 15) is 18.0 Å². The monoisotopic (exact) mass is 442 g/mol. The van der Waals surface area contributed by atoms with Gasteiger partial charge in [0.1, 0.15) is 5.76 Å². The topological polar surface area (TPSA) is 115 Å². The van der Waals surface area contributed by atoms with Crippen molar-refractivity contribution in [3.63, 3.8) is 0 Å². The average Bonchev–Trinajstić information content (AvgIpc) is 3.30. The molecule has 162 valence electrons. The fourth-order valence-corrected chi connectivity index (χ4v) is 3.73. The molecule has 0 aliphatic heterocycles. The second kappa shape index (κ2) is 10.1. The van der Waals surface area contributed by atoms with Crippen LogP contribution in [0.3, 0.4) is 0 Å². The molecule has 3 rings (SSSR count). The van der Waals surface area contributed by atoms with E-state index in [1.165, 1.54) is 30.5 Å². The number of rotatable bonds is 9. The number of benzene rings is 2. The number of carbonyl (C=O) groups is 2. The molecule has 2 N–H and O–H groups in total. The second-order valence-corrected chi connectivity index (χ2v) is 8.37. The van der Waals surface area contributed by atoms with Gasteiger partial charge in [-0.2, -0.15) is 0 Å². The number of amides is 1. The highest BCUT2D eigenvalue weighted by atomic mass is 32.2. The average molecular weight is 442 g/mol. The molecule has 0 fully saturated rings. The number of hydrogen-bond acceptors (Lipinski definition) is 6. The lowest BCUT2D eigenvalue weighted by Gasteiger charge is -2.09. The van der Waals surface area contributed by atoms with Crippen LogP contribution >= 0.6 is 0 Å². The fraction of sp³-hybridized carbons (Fsp3) is 0.182. The van der Waals surface area contributed by atoms with Crippen molar-refractivity contribution >= 4 is 27.6 Å². The summed E-state index contributed by atoms with van der Waals surface area (Å²) < 4.78 is 37.4. The van der Waals surface area contributed by atoms with Gasteiger partial charge in [0.05, 0.1) is 23.3 Å². The molecule has 3 aromatic rings. The van der Waals surface area contributed by atoms with Crippen molar-refractivity contribution in [2.24, 2.45) is 0 Å². The Balaban J connectivity index is 1.57. The molecule has 0 aliphatic rings. The molecule has 0 atom stereocenters. The Hall–Kier alpha value is -3.43. The summed E-state index contributed by atoms with van der Waals surface area (Å²) >= 11 is 0. The molecule has 2 aromatic carbocycles. The Labute approximate surface area is 180 Å². The predicted molar refractivity (Wildman–Crippen MR) is 114 cm³/mol. The van der Waals surface area contributed by atoms with Crippen molar-refractivity contribution in [2.75, 3.05) is 11.9 Å². The molecule has 1 aromatic heterocycles. The first-order valence-electron chi connectivity index (χ1n) is 9.55. The van der Waals surface area contributed by atoms with E-state index >= 15 is 0 Å². The number of furan rings is 1. The van der Waals surface area contributed by atoms with Crippen molar-refractivity contribution in [1.29, 1.82) is 0 Å². The lowest BCUT2D eigenvalue weighted by molar-refractivity contribution is -0.119. The predicted octanol–water partition coefficient (Wildman–Crippen LogP) is 3.12. The standard InChI is InChI=1S/C22H22N2O6S/c1-2-16-8-10-18(11-9-16)24-21(25)15-30-22(26)17-5-3-7-20(13-17)31(27,28)23-14-19-6-4-12-29-19/h3-13,23H,2,14-15H2,1H3,(H,24,25). The van der Waals surface area contributed by atoms with Gasteiger partial charge in [-0.3, -0.25) is 4.79 Å². The van der Waals surface area contributed by atoms with Crippen LogP contribution in [0, 0.1) is 0 Å². The summed E-state index contributed by atoms with van der Waals surface area (Å²) in [5.41, 5.74) is 1.74. The van der Waals surface area contributed by atoms with Gasteiger partial charge in [0, 0.05) is 5.69 Å². The third-order valence-corrected chi connectivity index (χ3v) is 5.78. The normalized spacial score (nSPS) is 11.1. The SMILES string of the molecule is CCc1ccc(NC(=O)COC(=O)c2cccc(S(=O)(=O)NCc3ccco3)c2)cc1. The molecule has 0 spiro atoms. The summed E-state index contributed by atoms with van der Waals surface area (Å²) in [6.45, 7) is 1.51. The van der Waals surface area contributed by atoms with E-state index in [1.807, 2.05) is 19.1 Å². The number of anilines is 1. The molecular formula is C22H22N2O6S. The van der Waals surface area contributed by atoms with Crippen LogP contribution in [0.15, 0.2) is 76.2 Å². The van der Waals surface area contributed by atoms with Crippen LogP contribution < -0.4 is 10.0 Å². The molecule has 0 radical (unpaired) electrons. The minimum atomic E-state index is -3.87. The highest BCUT2D eigenvalue weighted by Gasteiger charge is 2.18. The number of hydrogen-bond donors (Lipinski definition) is 2. The first kappa shape index (κ1) is 22.3. The molecule has 9 heteroatoms. The van der Waals surface area contributed by atoms with Crippen molar-refractivity contribution < 1.29 is 27.2 Å². The Kier molecular flexibility index (Phi) is 7.22. The van der Waals surface area contributed by atoms with E-state index in [2.05, 4.69) is 10.0 Å². The summed E-state index contributed by atoms with van der Waals surface area (Å²) in [4.78, 5) is 24.2. The highest BCUT2D eigenvalue weighted by Crippen LogP contribution is 2.14. The third kappa shape index (κ3) is 6.27. The zero-order valence-electron chi connectivity index (χ0n) is 16.8. The van der Waals surface area contributed by atoms with Crippen LogP contribution in [0.2, 0.25) is 0 Å². The number of aryl methyl sites for hydroxylation is 1. The van der Waals surface area contributed by atoms with Gasteiger partial charge in [-0.25, -0.2) is 17.9 Å². The molecule has 1 heterocycles. The molecule has 0 saturated carbocycles. The molecule has 0 aliphatic carbocycles. The minimum Gasteiger partial charge on any atom is -0.468 e. The number of nitrogens with one attached hydrogen (secondary N) is 2. The Morgan fingerprint density at radius 1 is 1.03 bits per heavy atom. The van der Waals surface area contributed by atoms with E-state index < -0.39 is 28.5 Å². The van der Waals surface area contributed by atoms with Crippen molar-refractivity contribution in [3.05, 3.63) is 83.8 Å². The van der Waals surface area contributed by atoms with Gasteiger partial charge in [0.15, 0.2) is 6.61 Å². The lowest BCUT2D eigenvalue weighted by atomic mass is 10.1. The van der Waals surface area contributed by atoms with E-state index in [4.69, 9.17) is 9.15 Å². The van der Waals surface area contributed by atoms with Crippen molar-refractivity contribution in [2.45, 2.75) is 24.8 Å². The minimum absolute atomic E-state index is 0.0148. The number of ether oxygens (including phenoxy) is 1. The van der Waals surface area contributed by atoms with Gasteiger partial charge in [0.25, 0.3) is 5.91 Å². The van der Waals surface area contributed by atoms with E-state index in [0.717, 1.165) is 12.0 Å². The van der Waals surface area contributed by atoms with E-state index in [0.29, 0.717) is 11.4 Å². The summed E-state index contributed by atoms with van der Waals surface area (Å²) in [7, 11) is -3.87. The summed E-state index contributed by atoms with van der Waals surface area (Å²) in [5, 5.41) is 2.63. The molecule has 0 bridgehead atoms. The Bertz CT molecular complexity index is 1140.